The van der Waals surface area contributed by atoms with Gasteiger partial charge in [-0.25, -0.2) is 0 Å². The molecule has 0 aliphatic carbocycles. The quantitative estimate of drug-likeness (QED) is 0.884. The molecule has 20 heavy (non-hydrogen) atoms. The number of aromatic nitrogens is 4. The Morgan fingerprint density at radius 1 is 1.45 bits per heavy atom. The second-order valence-electron chi connectivity index (χ2n) is 5.15. The molecule has 0 bridgehead atoms. The van der Waals surface area contributed by atoms with Crippen LogP contribution >= 0.6 is 0 Å². The van der Waals surface area contributed by atoms with Crippen LogP contribution in [-0.4, -0.2) is 31.5 Å². The van der Waals surface area contributed by atoms with Crippen LogP contribution in [0.25, 0.3) is 0 Å². The minimum Gasteiger partial charge on any atom is -0.351 e. The van der Waals surface area contributed by atoms with Crippen molar-refractivity contribution in [2.24, 2.45) is 7.05 Å². The van der Waals surface area contributed by atoms with Gasteiger partial charge in [-0.15, -0.1) is 0 Å². The van der Waals surface area contributed by atoms with Crippen molar-refractivity contribution in [1.29, 1.82) is 0 Å². The van der Waals surface area contributed by atoms with E-state index in [0.29, 0.717) is 13.0 Å². The highest BCUT2D eigenvalue weighted by molar-refractivity contribution is 5.79. The topological polar surface area (TPSA) is 64.7 Å². The second kappa shape index (κ2) is 5.90. The molecule has 0 fully saturated rings. The van der Waals surface area contributed by atoms with Gasteiger partial charge in [-0.05, 0) is 26.8 Å². The van der Waals surface area contributed by atoms with Crippen molar-refractivity contribution >= 4 is 5.91 Å². The summed E-state index contributed by atoms with van der Waals surface area (Å²) in [6.07, 6.45) is 3.99. The first kappa shape index (κ1) is 14.3. The molecule has 0 saturated carbocycles. The normalized spacial score (nSPS) is 12.4. The summed E-state index contributed by atoms with van der Waals surface area (Å²) in [6, 6.07) is 1.91. The third-order valence-electron chi connectivity index (χ3n) is 3.42. The summed E-state index contributed by atoms with van der Waals surface area (Å²) in [7, 11) is 1.89. The van der Waals surface area contributed by atoms with Crippen molar-refractivity contribution in [2.45, 2.75) is 39.8 Å². The van der Waals surface area contributed by atoms with Crippen LogP contribution in [0, 0.1) is 13.8 Å². The van der Waals surface area contributed by atoms with E-state index in [9.17, 15) is 4.79 Å². The van der Waals surface area contributed by atoms with Crippen LogP contribution in [0.5, 0.6) is 0 Å². The summed E-state index contributed by atoms with van der Waals surface area (Å²) in [5, 5.41) is 11.5. The molecule has 0 saturated heterocycles. The Kier molecular flexibility index (Phi) is 4.22. The zero-order valence-corrected chi connectivity index (χ0v) is 12.4. The predicted octanol–water partition coefficient (Wildman–Crippen LogP) is 0.981. The molecule has 2 heterocycles. The maximum atomic E-state index is 12.1. The number of nitrogens with zero attached hydrogens (tertiary/aromatic N) is 4. The SMILES string of the molecule is Cc1nn(C)c(C)c1CC(=O)NC(C)Cn1cccn1. The minimum atomic E-state index is 0.0175. The molecule has 0 aliphatic rings. The Morgan fingerprint density at radius 2 is 2.20 bits per heavy atom. The molecule has 0 aromatic carbocycles. The van der Waals surface area contributed by atoms with E-state index in [4.69, 9.17) is 0 Å². The monoisotopic (exact) mass is 275 g/mol. The smallest absolute Gasteiger partial charge is 0.224 e. The number of amides is 1. The van der Waals surface area contributed by atoms with E-state index in [1.165, 1.54) is 0 Å². The lowest BCUT2D eigenvalue weighted by Gasteiger charge is -2.14. The summed E-state index contributed by atoms with van der Waals surface area (Å²) in [5.41, 5.74) is 2.97. The molecular weight excluding hydrogens is 254 g/mol. The highest BCUT2D eigenvalue weighted by Gasteiger charge is 2.15. The van der Waals surface area contributed by atoms with E-state index in [1.807, 2.05) is 49.4 Å². The zero-order valence-electron chi connectivity index (χ0n) is 12.4. The van der Waals surface area contributed by atoms with Crippen LogP contribution in [-0.2, 0) is 24.8 Å². The molecule has 0 radical (unpaired) electrons. The van der Waals surface area contributed by atoms with Crippen LogP contribution in [0.15, 0.2) is 18.5 Å². The van der Waals surface area contributed by atoms with Crippen LogP contribution in [0.2, 0.25) is 0 Å². The van der Waals surface area contributed by atoms with Crippen molar-refractivity contribution in [3.05, 3.63) is 35.4 Å². The molecule has 0 spiro atoms. The fraction of sp³-hybridized carbons (Fsp3) is 0.500. The van der Waals surface area contributed by atoms with E-state index in [2.05, 4.69) is 15.5 Å². The zero-order chi connectivity index (χ0) is 14.7. The molecule has 2 aromatic rings. The fourth-order valence-corrected chi connectivity index (χ4v) is 2.29. The van der Waals surface area contributed by atoms with E-state index in [1.54, 1.807) is 6.20 Å². The van der Waals surface area contributed by atoms with Crippen LogP contribution in [0.1, 0.15) is 23.9 Å². The number of nitrogens with one attached hydrogen (secondary N) is 1. The van der Waals surface area contributed by atoms with Gasteiger partial charge in [-0.2, -0.15) is 10.2 Å². The molecule has 1 unspecified atom stereocenters. The van der Waals surface area contributed by atoms with Gasteiger partial charge in [0.05, 0.1) is 18.7 Å². The van der Waals surface area contributed by atoms with Crippen LogP contribution in [0.3, 0.4) is 0 Å². The molecule has 108 valence electrons. The number of carbonyl (C=O) groups excluding carboxylic acids is 1. The number of hydrogen-bond donors (Lipinski definition) is 1. The average molecular weight is 275 g/mol. The van der Waals surface area contributed by atoms with E-state index in [0.717, 1.165) is 17.0 Å². The van der Waals surface area contributed by atoms with Gasteiger partial charge in [0.1, 0.15) is 0 Å². The predicted molar refractivity (Wildman–Crippen MR) is 76.2 cm³/mol. The van der Waals surface area contributed by atoms with Gasteiger partial charge >= 0.3 is 0 Å². The Balaban J connectivity index is 1.92. The Hall–Kier alpha value is -2.11. The molecule has 6 heteroatoms. The second-order valence-corrected chi connectivity index (χ2v) is 5.15. The molecule has 1 amide bonds. The van der Waals surface area contributed by atoms with Gasteiger partial charge in [-0.3, -0.25) is 14.2 Å². The third-order valence-corrected chi connectivity index (χ3v) is 3.42. The molecule has 1 atom stereocenters. The van der Waals surface area contributed by atoms with E-state index < -0.39 is 0 Å². The Bertz CT molecular complexity index is 585. The van der Waals surface area contributed by atoms with Crippen LogP contribution < -0.4 is 5.32 Å². The Labute approximate surface area is 118 Å². The first-order valence-electron chi connectivity index (χ1n) is 6.73. The fourth-order valence-electron chi connectivity index (χ4n) is 2.29. The number of aryl methyl sites for hydroxylation is 2. The maximum Gasteiger partial charge on any atom is 0.224 e. The van der Waals surface area contributed by atoms with Gasteiger partial charge < -0.3 is 5.32 Å². The molecule has 6 nitrogen and oxygen atoms in total. The van der Waals surface area contributed by atoms with Gasteiger partial charge in [0.25, 0.3) is 0 Å². The van der Waals surface area contributed by atoms with Crippen LogP contribution in [0.4, 0.5) is 0 Å². The van der Waals surface area contributed by atoms with E-state index in [-0.39, 0.29) is 11.9 Å². The molecule has 2 aromatic heterocycles. The number of carbonyl (C=O) groups is 1. The standard InChI is InChI=1S/C14H21N5O/c1-10(9-19-7-5-6-15-19)16-14(20)8-13-11(2)17-18(4)12(13)3/h5-7,10H,8-9H2,1-4H3,(H,16,20). The summed E-state index contributed by atoms with van der Waals surface area (Å²) in [5.74, 6) is 0.0175. The van der Waals surface area contributed by atoms with Gasteiger partial charge in [0.15, 0.2) is 0 Å². The number of rotatable bonds is 5. The van der Waals surface area contributed by atoms with Gasteiger partial charge in [0, 0.05) is 36.7 Å². The highest BCUT2D eigenvalue weighted by atomic mass is 16.1. The summed E-state index contributed by atoms with van der Waals surface area (Å²) < 4.78 is 3.62. The lowest BCUT2D eigenvalue weighted by molar-refractivity contribution is -0.121. The first-order chi connectivity index (χ1) is 9.47. The number of hydrogen-bond acceptors (Lipinski definition) is 3. The highest BCUT2D eigenvalue weighted by Crippen LogP contribution is 2.12. The summed E-state index contributed by atoms with van der Waals surface area (Å²) in [6.45, 7) is 6.56. The van der Waals surface area contributed by atoms with Crippen molar-refractivity contribution in [3.8, 4) is 0 Å². The van der Waals surface area contributed by atoms with Crippen molar-refractivity contribution in [1.82, 2.24) is 24.9 Å². The molecule has 0 aliphatic heterocycles. The Morgan fingerprint density at radius 3 is 2.75 bits per heavy atom. The van der Waals surface area contributed by atoms with E-state index >= 15 is 0 Å². The third kappa shape index (κ3) is 3.26. The summed E-state index contributed by atoms with van der Waals surface area (Å²) >= 11 is 0. The van der Waals surface area contributed by atoms with Gasteiger partial charge in [0.2, 0.25) is 5.91 Å². The maximum absolute atomic E-state index is 12.1. The lowest BCUT2D eigenvalue weighted by Crippen LogP contribution is -2.36. The molecule has 1 N–H and O–H groups in total. The van der Waals surface area contributed by atoms with Crippen molar-refractivity contribution in [3.63, 3.8) is 0 Å². The largest absolute Gasteiger partial charge is 0.351 e. The molecular formula is C14H21N5O. The van der Waals surface area contributed by atoms with Gasteiger partial charge in [-0.1, -0.05) is 0 Å². The van der Waals surface area contributed by atoms with Crippen molar-refractivity contribution < 1.29 is 4.79 Å². The molecule has 2 rings (SSSR count). The van der Waals surface area contributed by atoms with Crippen molar-refractivity contribution in [2.75, 3.05) is 0 Å². The first-order valence-corrected chi connectivity index (χ1v) is 6.73. The average Bonchev–Trinajstić information content (AvgIpc) is 2.94. The lowest BCUT2D eigenvalue weighted by atomic mass is 10.1. The minimum absolute atomic E-state index is 0.0175. The summed E-state index contributed by atoms with van der Waals surface area (Å²) in [4.78, 5) is 12.1.